The van der Waals surface area contributed by atoms with E-state index in [0.717, 1.165) is 0 Å². The molecule has 3 rings (SSSR count). The van der Waals surface area contributed by atoms with Gasteiger partial charge in [-0.3, -0.25) is 4.79 Å². The van der Waals surface area contributed by atoms with Crippen LogP contribution in [0.3, 0.4) is 0 Å². The summed E-state index contributed by atoms with van der Waals surface area (Å²) in [5.41, 5.74) is 1.54. The van der Waals surface area contributed by atoms with Gasteiger partial charge in [0.1, 0.15) is 11.7 Å². The fourth-order valence-corrected chi connectivity index (χ4v) is 2.42. The normalized spacial score (nSPS) is 17.6. The number of aromatic amines is 1. The lowest BCUT2D eigenvalue weighted by Gasteiger charge is -2.19. The van der Waals surface area contributed by atoms with Crippen LogP contribution >= 0.6 is 0 Å². The SMILES string of the molecule is O=C(O)c1ccc2[nH]c3c(c2c1)CC(C(=O)O)NC3=O. The van der Waals surface area contributed by atoms with Gasteiger partial charge in [0.05, 0.1) is 5.56 Å². The highest BCUT2D eigenvalue weighted by molar-refractivity contribution is 6.05. The van der Waals surface area contributed by atoms with E-state index < -0.39 is 23.9 Å². The Morgan fingerprint density at radius 3 is 2.65 bits per heavy atom. The number of carbonyl (C=O) groups excluding carboxylic acids is 1. The maximum absolute atomic E-state index is 11.9. The van der Waals surface area contributed by atoms with Gasteiger partial charge in [-0.1, -0.05) is 0 Å². The summed E-state index contributed by atoms with van der Waals surface area (Å²) in [7, 11) is 0. The summed E-state index contributed by atoms with van der Waals surface area (Å²) < 4.78 is 0. The molecule has 0 spiro atoms. The average Bonchev–Trinajstić information content (AvgIpc) is 2.77. The number of carboxylic acids is 2. The molecule has 2 heterocycles. The molecule has 1 aliphatic rings. The Labute approximate surface area is 112 Å². The third-order valence-electron chi connectivity index (χ3n) is 3.39. The van der Waals surface area contributed by atoms with E-state index in [1.54, 1.807) is 6.07 Å². The van der Waals surface area contributed by atoms with Gasteiger partial charge in [0.25, 0.3) is 5.91 Å². The second-order valence-corrected chi connectivity index (χ2v) is 4.61. The monoisotopic (exact) mass is 274 g/mol. The summed E-state index contributed by atoms with van der Waals surface area (Å²) in [6.45, 7) is 0. The Morgan fingerprint density at radius 2 is 2.00 bits per heavy atom. The van der Waals surface area contributed by atoms with Crippen LogP contribution in [-0.2, 0) is 11.2 Å². The van der Waals surface area contributed by atoms with Gasteiger partial charge in [-0.15, -0.1) is 0 Å². The lowest BCUT2D eigenvalue weighted by molar-refractivity contribution is -0.139. The van der Waals surface area contributed by atoms with Crippen molar-refractivity contribution >= 4 is 28.7 Å². The standard InChI is InChI=1S/C13H10N2O5/c16-11-10-7(4-9(15-11)13(19)20)6-3-5(12(17)18)1-2-8(6)14-10/h1-3,9,14H,4H2,(H,15,16)(H,17,18)(H,19,20). The van der Waals surface area contributed by atoms with Crippen molar-refractivity contribution in [3.8, 4) is 0 Å². The van der Waals surface area contributed by atoms with Crippen LogP contribution in [0, 0.1) is 0 Å². The topological polar surface area (TPSA) is 119 Å². The van der Waals surface area contributed by atoms with Gasteiger partial charge in [0.2, 0.25) is 0 Å². The Hall–Kier alpha value is -2.83. The zero-order valence-electron chi connectivity index (χ0n) is 10.1. The molecule has 0 saturated heterocycles. The van der Waals surface area contributed by atoms with Crippen molar-refractivity contribution in [2.24, 2.45) is 0 Å². The summed E-state index contributed by atoms with van der Waals surface area (Å²) in [4.78, 5) is 36.8. The molecule has 1 amide bonds. The molecule has 0 radical (unpaired) electrons. The van der Waals surface area contributed by atoms with Crippen LogP contribution in [0.1, 0.15) is 26.4 Å². The lowest BCUT2D eigenvalue weighted by Crippen LogP contribution is -2.46. The number of carbonyl (C=O) groups is 3. The molecule has 7 heteroatoms. The number of hydrogen-bond acceptors (Lipinski definition) is 3. The summed E-state index contributed by atoms with van der Waals surface area (Å²) in [5, 5.41) is 21.0. The van der Waals surface area contributed by atoms with Crippen LogP contribution in [0.5, 0.6) is 0 Å². The van der Waals surface area contributed by atoms with Crippen molar-refractivity contribution in [1.29, 1.82) is 0 Å². The molecule has 1 aromatic carbocycles. The number of fused-ring (bicyclic) bond motifs is 3. The number of aromatic carboxylic acids is 1. The van der Waals surface area contributed by atoms with Gasteiger partial charge in [-0.05, 0) is 23.8 Å². The quantitative estimate of drug-likeness (QED) is 0.639. The molecule has 20 heavy (non-hydrogen) atoms. The molecule has 2 aromatic rings. The molecule has 0 saturated carbocycles. The summed E-state index contributed by atoms with van der Waals surface area (Å²) in [6.07, 6.45) is 0.124. The first-order valence-corrected chi connectivity index (χ1v) is 5.89. The molecule has 1 aromatic heterocycles. The second kappa shape index (κ2) is 4.09. The van der Waals surface area contributed by atoms with E-state index in [9.17, 15) is 14.4 Å². The Balaban J connectivity index is 2.20. The van der Waals surface area contributed by atoms with Crippen molar-refractivity contribution in [2.45, 2.75) is 12.5 Å². The molecular formula is C13H10N2O5. The van der Waals surface area contributed by atoms with Crippen molar-refractivity contribution in [3.05, 3.63) is 35.0 Å². The highest BCUT2D eigenvalue weighted by Crippen LogP contribution is 2.27. The number of hydrogen-bond donors (Lipinski definition) is 4. The molecule has 1 unspecified atom stereocenters. The number of nitrogens with one attached hydrogen (secondary N) is 2. The first-order chi connectivity index (χ1) is 9.47. The van der Waals surface area contributed by atoms with Crippen molar-refractivity contribution < 1.29 is 24.6 Å². The molecule has 0 bridgehead atoms. The number of benzene rings is 1. The highest BCUT2D eigenvalue weighted by Gasteiger charge is 2.31. The maximum Gasteiger partial charge on any atom is 0.335 e. The summed E-state index contributed by atoms with van der Waals surface area (Å²) >= 11 is 0. The van der Waals surface area contributed by atoms with Crippen LogP contribution in [0.2, 0.25) is 0 Å². The number of H-pyrrole nitrogens is 1. The van der Waals surface area contributed by atoms with Crippen molar-refractivity contribution in [3.63, 3.8) is 0 Å². The molecule has 0 fully saturated rings. The highest BCUT2D eigenvalue weighted by atomic mass is 16.4. The van der Waals surface area contributed by atoms with E-state index in [4.69, 9.17) is 10.2 Å². The predicted molar refractivity (Wildman–Crippen MR) is 67.9 cm³/mol. The van der Waals surface area contributed by atoms with Crippen LogP contribution < -0.4 is 5.32 Å². The Kier molecular flexibility index (Phi) is 2.50. The van der Waals surface area contributed by atoms with E-state index in [1.807, 2.05) is 0 Å². The van der Waals surface area contributed by atoms with E-state index in [-0.39, 0.29) is 12.0 Å². The van der Waals surface area contributed by atoms with E-state index in [2.05, 4.69) is 10.3 Å². The fourth-order valence-electron chi connectivity index (χ4n) is 2.42. The zero-order valence-corrected chi connectivity index (χ0v) is 10.1. The van der Waals surface area contributed by atoms with Crippen molar-refractivity contribution in [2.75, 3.05) is 0 Å². The van der Waals surface area contributed by atoms with Crippen molar-refractivity contribution in [1.82, 2.24) is 10.3 Å². The average molecular weight is 274 g/mol. The number of rotatable bonds is 2. The van der Waals surface area contributed by atoms with Gasteiger partial charge in [-0.25, -0.2) is 9.59 Å². The van der Waals surface area contributed by atoms with Gasteiger partial charge < -0.3 is 20.5 Å². The van der Waals surface area contributed by atoms with Crippen LogP contribution in [0.25, 0.3) is 10.9 Å². The lowest BCUT2D eigenvalue weighted by atomic mass is 9.97. The van der Waals surface area contributed by atoms with Crippen LogP contribution in [-0.4, -0.2) is 39.1 Å². The number of amides is 1. The molecule has 102 valence electrons. The number of aliphatic carboxylic acids is 1. The van der Waals surface area contributed by atoms with Crippen LogP contribution in [0.15, 0.2) is 18.2 Å². The molecule has 1 atom stereocenters. The third-order valence-corrected chi connectivity index (χ3v) is 3.39. The second-order valence-electron chi connectivity index (χ2n) is 4.61. The molecule has 0 aliphatic carbocycles. The fraction of sp³-hybridized carbons (Fsp3) is 0.154. The Bertz CT molecular complexity index is 761. The summed E-state index contributed by atoms with van der Waals surface area (Å²) in [5.74, 6) is -2.68. The van der Waals surface area contributed by atoms with Gasteiger partial charge in [0, 0.05) is 17.3 Å². The first-order valence-electron chi connectivity index (χ1n) is 5.89. The third kappa shape index (κ3) is 1.71. The Morgan fingerprint density at radius 1 is 1.25 bits per heavy atom. The predicted octanol–water partition coefficient (Wildman–Crippen LogP) is 0.605. The minimum absolute atomic E-state index is 0.0946. The van der Waals surface area contributed by atoms with Gasteiger partial charge in [0.15, 0.2) is 0 Å². The molecule has 7 nitrogen and oxygen atoms in total. The summed E-state index contributed by atoms with van der Waals surface area (Å²) in [6, 6.07) is 3.45. The minimum atomic E-state index is -1.12. The van der Waals surface area contributed by atoms with E-state index >= 15 is 0 Å². The molecule has 4 N–H and O–H groups in total. The smallest absolute Gasteiger partial charge is 0.335 e. The first kappa shape index (κ1) is 12.2. The van der Waals surface area contributed by atoms with E-state index in [1.165, 1.54) is 12.1 Å². The minimum Gasteiger partial charge on any atom is -0.480 e. The number of aromatic nitrogens is 1. The van der Waals surface area contributed by atoms with Gasteiger partial charge >= 0.3 is 11.9 Å². The maximum atomic E-state index is 11.9. The largest absolute Gasteiger partial charge is 0.480 e. The number of carboxylic acid groups (broad SMARTS) is 2. The van der Waals surface area contributed by atoms with Gasteiger partial charge in [-0.2, -0.15) is 0 Å². The van der Waals surface area contributed by atoms with Crippen LogP contribution in [0.4, 0.5) is 0 Å². The zero-order chi connectivity index (χ0) is 14.4. The molecular weight excluding hydrogens is 264 g/mol. The molecule has 1 aliphatic heterocycles. The van der Waals surface area contributed by atoms with E-state index in [0.29, 0.717) is 22.2 Å².